The van der Waals surface area contributed by atoms with E-state index in [1.54, 1.807) is 12.1 Å². The highest BCUT2D eigenvalue weighted by molar-refractivity contribution is 9.10. The van der Waals surface area contributed by atoms with Crippen molar-refractivity contribution in [3.05, 3.63) is 34.1 Å². The zero-order chi connectivity index (χ0) is 13.7. The molecule has 2 rings (SSSR count). The molecule has 0 bridgehead atoms. The van der Waals surface area contributed by atoms with Gasteiger partial charge in [-0.15, -0.1) is 0 Å². The Kier molecular flexibility index (Phi) is 5.76. The Bertz CT molecular complexity index is 416. The zero-order valence-electron chi connectivity index (χ0n) is 11.2. The number of benzene rings is 1. The first-order valence-electron chi connectivity index (χ1n) is 6.67. The Morgan fingerprint density at radius 1 is 1.53 bits per heavy atom. The summed E-state index contributed by atoms with van der Waals surface area (Å²) in [5, 5.41) is 3.33. The molecule has 1 aliphatic rings. The third-order valence-corrected chi connectivity index (χ3v) is 4.00. The van der Waals surface area contributed by atoms with Gasteiger partial charge in [0.05, 0.1) is 17.2 Å². The normalized spacial score (nSPS) is 20.7. The standard InChI is InChI=1S/C14H20BrFN2O/c1-2-18-5-6-19-12(10-18)9-17-8-11-3-4-13(15)14(16)7-11/h3-4,7,12,17H,2,5-6,8-10H2,1H3. The number of likely N-dealkylation sites (N-methyl/N-ethyl adjacent to an activating group) is 1. The molecule has 0 saturated carbocycles. The van der Waals surface area contributed by atoms with E-state index in [-0.39, 0.29) is 11.9 Å². The number of rotatable bonds is 5. The highest BCUT2D eigenvalue weighted by atomic mass is 79.9. The molecule has 1 aliphatic heterocycles. The third kappa shape index (κ3) is 4.53. The lowest BCUT2D eigenvalue weighted by Gasteiger charge is -2.32. The summed E-state index contributed by atoms with van der Waals surface area (Å²) < 4.78 is 19.6. The minimum Gasteiger partial charge on any atom is -0.374 e. The zero-order valence-corrected chi connectivity index (χ0v) is 12.7. The van der Waals surface area contributed by atoms with Gasteiger partial charge in [0.1, 0.15) is 5.82 Å². The summed E-state index contributed by atoms with van der Waals surface area (Å²) in [5.41, 5.74) is 0.948. The quantitative estimate of drug-likeness (QED) is 0.897. The molecule has 1 aromatic carbocycles. The molecule has 1 saturated heterocycles. The molecule has 1 heterocycles. The van der Waals surface area contributed by atoms with E-state index in [4.69, 9.17) is 4.74 Å². The van der Waals surface area contributed by atoms with Crippen LogP contribution in [0.5, 0.6) is 0 Å². The summed E-state index contributed by atoms with van der Waals surface area (Å²) in [7, 11) is 0. The summed E-state index contributed by atoms with van der Waals surface area (Å²) in [5.74, 6) is -0.217. The monoisotopic (exact) mass is 330 g/mol. The molecule has 0 radical (unpaired) electrons. The average Bonchev–Trinajstić information content (AvgIpc) is 2.43. The number of morpholine rings is 1. The molecule has 5 heteroatoms. The first kappa shape index (κ1) is 14.9. The van der Waals surface area contributed by atoms with E-state index in [2.05, 4.69) is 33.1 Å². The summed E-state index contributed by atoms with van der Waals surface area (Å²) in [6.07, 6.45) is 0.231. The SMILES string of the molecule is CCN1CCOC(CNCc2ccc(Br)c(F)c2)C1. The number of nitrogens with zero attached hydrogens (tertiary/aromatic N) is 1. The molecule has 1 N–H and O–H groups in total. The van der Waals surface area contributed by atoms with Crippen molar-refractivity contribution in [1.29, 1.82) is 0 Å². The van der Waals surface area contributed by atoms with Gasteiger partial charge in [0, 0.05) is 26.2 Å². The van der Waals surface area contributed by atoms with Crippen molar-refractivity contribution in [2.45, 2.75) is 19.6 Å². The van der Waals surface area contributed by atoms with E-state index in [0.29, 0.717) is 11.0 Å². The van der Waals surface area contributed by atoms with Crippen molar-refractivity contribution in [3.63, 3.8) is 0 Å². The Morgan fingerprint density at radius 2 is 2.37 bits per heavy atom. The van der Waals surface area contributed by atoms with Gasteiger partial charge in [-0.05, 0) is 40.2 Å². The summed E-state index contributed by atoms with van der Waals surface area (Å²) in [6, 6.07) is 5.21. The van der Waals surface area contributed by atoms with Gasteiger partial charge in [0.15, 0.2) is 0 Å². The van der Waals surface area contributed by atoms with Gasteiger partial charge in [-0.2, -0.15) is 0 Å². The van der Waals surface area contributed by atoms with Crippen LogP contribution in [0.3, 0.4) is 0 Å². The van der Waals surface area contributed by atoms with Crippen molar-refractivity contribution in [1.82, 2.24) is 10.2 Å². The van der Waals surface area contributed by atoms with Crippen LogP contribution in [0.1, 0.15) is 12.5 Å². The molecule has 1 fully saturated rings. The number of hydrogen-bond donors (Lipinski definition) is 1. The maximum Gasteiger partial charge on any atom is 0.137 e. The molecule has 3 nitrogen and oxygen atoms in total. The van der Waals surface area contributed by atoms with E-state index in [1.165, 1.54) is 0 Å². The Hall–Kier alpha value is -0.490. The fraction of sp³-hybridized carbons (Fsp3) is 0.571. The number of hydrogen-bond acceptors (Lipinski definition) is 3. The molecule has 106 valence electrons. The topological polar surface area (TPSA) is 24.5 Å². The van der Waals surface area contributed by atoms with Crippen LogP contribution in [-0.2, 0) is 11.3 Å². The first-order chi connectivity index (χ1) is 9.19. The summed E-state index contributed by atoms with van der Waals surface area (Å²) >= 11 is 3.15. The first-order valence-corrected chi connectivity index (χ1v) is 7.47. The molecule has 19 heavy (non-hydrogen) atoms. The maximum atomic E-state index is 13.4. The van der Waals surface area contributed by atoms with Crippen LogP contribution < -0.4 is 5.32 Å². The van der Waals surface area contributed by atoms with Crippen molar-refractivity contribution in [3.8, 4) is 0 Å². The van der Waals surface area contributed by atoms with Crippen LogP contribution in [0.4, 0.5) is 4.39 Å². The minimum atomic E-state index is -0.217. The lowest BCUT2D eigenvalue weighted by molar-refractivity contribution is -0.0253. The second-order valence-electron chi connectivity index (χ2n) is 4.77. The number of ether oxygens (including phenoxy) is 1. The Balaban J connectivity index is 1.75. The van der Waals surface area contributed by atoms with E-state index < -0.39 is 0 Å². The maximum absolute atomic E-state index is 13.4. The molecule has 0 aliphatic carbocycles. The second kappa shape index (κ2) is 7.33. The van der Waals surface area contributed by atoms with Gasteiger partial charge < -0.3 is 10.1 Å². The number of nitrogens with one attached hydrogen (secondary N) is 1. The molecule has 1 aromatic rings. The van der Waals surface area contributed by atoms with Gasteiger partial charge in [-0.3, -0.25) is 4.90 Å². The molecular formula is C14H20BrFN2O. The van der Waals surface area contributed by atoms with Crippen molar-refractivity contribution in [2.24, 2.45) is 0 Å². The highest BCUT2D eigenvalue weighted by Crippen LogP contribution is 2.16. The fourth-order valence-electron chi connectivity index (χ4n) is 2.22. The van der Waals surface area contributed by atoms with E-state index in [1.807, 2.05) is 6.07 Å². The van der Waals surface area contributed by atoms with E-state index in [9.17, 15) is 4.39 Å². The predicted octanol–water partition coefficient (Wildman–Crippen LogP) is 2.40. The molecule has 0 spiro atoms. The van der Waals surface area contributed by atoms with Crippen LogP contribution in [0, 0.1) is 5.82 Å². The smallest absolute Gasteiger partial charge is 0.137 e. The van der Waals surface area contributed by atoms with Gasteiger partial charge in [-0.1, -0.05) is 13.0 Å². The predicted molar refractivity (Wildman–Crippen MR) is 77.7 cm³/mol. The van der Waals surface area contributed by atoms with Gasteiger partial charge >= 0.3 is 0 Å². The molecule has 1 unspecified atom stereocenters. The summed E-state index contributed by atoms with van der Waals surface area (Å²) in [4.78, 5) is 2.38. The minimum absolute atomic E-state index is 0.217. The van der Waals surface area contributed by atoms with E-state index in [0.717, 1.165) is 38.3 Å². The largest absolute Gasteiger partial charge is 0.374 e. The lowest BCUT2D eigenvalue weighted by Crippen LogP contribution is -2.46. The van der Waals surface area contributed by atoms with Crippen LogP contribution in [0.25, 0.3) is 0 Å². The van der Waals surface area contributed by atoms with Crippen LogP contribution >= 0.6 is 15.9 Å². The second-order valence-corrected chi connectivity index (χ2v) is 5.62. The van der Waals surface area contributed by atoms with Crippen molar-refractivity contribution >= 4 is 15.9 Å². The lowest BCUT2D eigenvalue weighted by atomic mass is 10.2. The van der Waals surface area contributed by atoms with Gasteiger partial charge in [0.25, 0.3) is 0 Å². The fourth-order valence-corrected chi connectivity index (χ4v) is 2.46. The summed E-state index contributed by atoms with van der Waals surface area (Å²) in [6.45, 7) is 7.48. The van der Waals surface area contributed by atoms with E-state index >= 15 is 0 Å². The van der Waals surface area contributed by atoms with Crippen LogP contribution in [0.15, 0.2) is 22.7 Å². The van der Waals surface area contributed by atoms with Crippen molar-refractivity contribution in [2.75, 3.05) is 32.8 Å². The average molecular weight is 331 g/mol. The molecular weight excluding hydrogens is 311 g/mol. The molecule has 1 atom stereocenters. The highest BCUT2D eigenvalue weighted by Gasteiger charge is 2.18. The van der Waals surface area contributed by atoms with Crippen molar-refractivity contribution < 1.29 is 9.13 Å². The molecule has 0 aromatic heterocycles. The Labute approximate surface area is 122 Å². The van der Waals surface area contributed by atoms with Gasteiger partial charge in [-0.25, -0.2) is 4.39 Å². The Morgan fingerprint density at radius 3 is 3.11 bits per heavy atom. The van der Waals surface area contributed by atoms with Gasteiger partial charge in [0.2, 0.25) is 0 Å². The van der Waals surface area contributed by atoms with Crippen LogP contribution in [-0.4, -0.2) is 43.8 Å². The molecule has 0 amide bonds. The third-order valence-electron chi connectivity index (χ3n) is 3.36. The van der Waals surface area contributed by atoms with Crippen LogP contribution in [0.2, 0.25) is 0 Å². The number of halogens is 2.